The fourth-order valence-corrected chi connectivity index (χ4v) is 1.40. The Balaban J connectivity index is 3.03. The van der Waals surface area contributed by atoms with Crippen LogP contribution in [0.3, 0.4) is 0 Å². The number of hydrogen-bond donors (Lipinski definition) is 3. The Morgan fingerprint density at radius 3 is 2.43 bits per heavy atom. The molecule has 0 bridgehead atoms. The number of aromatic nitrogens is 2. The molecule has 0 saturated carbocycles. The molecule has 0 saturated heterocycles. The molecule has 10 heteroatoms. The zero-order valence-electron chi connectivity index (χ0n) is 11.4. The molecule has 21 heavy (non-hydrogen) atoms. The molecule has 0 aliphatic heterocycles. The predicted molar refractivity (Wildman–Crippen MR) is 65.4 cm³/mol. The van der Waals surface area contributed by atoms with E-state index in [9.17, 15) is 27.9 Å². The molecular formula is C11H15F3N4O3. The van der Waals surface area contributed by atoms with Crippen molar-refractivity contribution in [2.75, 3.05) is 6.54 Å². The normalized spacial score (nSPS) is 12.3. The predicted octanol–water partition coefficient (Wildman–Crippen LogP) is 0.0450. The summed E-state index contributed by atoms with van der Waals surface area (Å²) in [6, 6.07) is 0.869. The Morgan fingerprint density at radius 2 is 2.00 bits per heavy atom. The number of carbonyl (C=O) groups excluding carboxylic acids is 2. The highest BCUT2D eigenvalue weighted by Gasteiger charge is 2.31. The van der Waals surface area contributed by atoms with Gasteiger partial charge in [-0.2, -0.15) is 18.3 Å². The first kappa shape index (κ1) is 17.0. The fourth-order valence-electron chi connectivity index (χ4n) is 1.40. The summed E-state index contributed by atoms with van der Waals surface area (Å²) in [5.41, 5.74) is 2.78. The van der Waals surface area contributed by atoms with Crippen LogP contribution in [0.1, 0.15) is 34.8 Å². The third-order valence-corrected chi connectivity index (χ3v) is 2.28. The van der Waals surface area contributed by atoms with Crippen molar-refractivity contribution in [3.8, 4) is 0 Å². The first-order valence-electron chi connectivity index (χ1n) is 5.84. The van der Waals surface area contributed by atoms with Crippen LogP contribution < -0.4 is 11.1 Å². The Bertz CT molecular complexity index is 546. The van der Waals surface area contributed by atoms with Crippen molar-refractivity contribution in [2.24, 2.45) is 5.73 Å². The first-order valence-corrected chi connectivity index (χ1v) is 5.84. The molecular weight excluding hydrogens is 293 g/mol. The maximum atomic E-state index is 12.4. The highest BCUT2D eigenvalue weighted by Crippen LogP contribution is 2.19. The number of carbonyl (C=O) groups is 2. The van der Waals surface area contributed by atoms with Crippen LogP contribution in [-0.4, -0.2) is 45.0 Å². The minimum absolute atomic E-state index is 0.186. The van der Waals surface area contributed by atoms with E-state index in [0.29, 0.717) is 4.68 Å². The molecule has 1 heterocycles. The summed E-state index contributed by atoms with van der Waals surface area (Å²) in [5, 5.41) is 15.1. The summed E-state index contributed by atoms with van der Waals surface area (Å²) in [6.45, 7) is 1.10. The van der Waals surface area contributed by atoms with Gasteiger partial charge in [0.05, 0.1) is 5.60 Å². The van der Waals surface area contributed by atoms with Crippen molar-refractivity contribution in [1.29, 1.82) is 0 Å². The lowest BCUT2D eigenvalue weighted by Crippen LogP contribution is -2.39. The molecule has 0 fully saturated rings. The number of alkyl halides is 3. The minimum Gasteiger partial charge on any atom is -0.389 e. The Morgan fingerprint density at radius 1 is 1.43 bits per heavy atom. The molecule has 7 nitrogen and oxygen atoms in total. The van der Waals surface area contributed by atoms with Gasteiger partial charge in [-0.05, 0) is 13.8 Å². The van der Waals surface area contributed by atoms with Crippen molar-refractivity contribution < 1.29 is 27.9 Å². The Kier molecular flexibility index (Phi) is 4.62. The Labute approximate surface area is 117 Å². The number of aliphatic hydroxyl groups is 1. The SMILES string of the molecule is CC(C)(O)CNC(=O)c1cc(C(N)=O)nn1CC(F)(F)F. The summed E-state index contributed by atoms with van der Waals surface area (Å²) >= 11 is 0. The van der Waals surface area contributed by atoms with E-state index in [-0.39, 0.29) is 6.54 Å². The van der Waals surface area contributed by atoms with Gasteiger partial charge in [0.25, 0.3) is 11.8 Å². The van der Waals surface area contributed by atoms with Gasteiger partial charge in [0.15, 0.2) is 5.69 Å². The van der Waals surface area contributed by atoms with E-state index in [4.69, 9.17) is 5.73 Å². The van der Waals surface area contributed by atoms with Crippen molar-refractivity contribution >= 4 is 11.8 Å². The van der Waals surface area contributed by atoms with Crippen LogP contribution >= 0.6 is 0 Å². The molecule has 0 aliphatic carbocycles. The van der Waals surface area contributed by atoms with Crippen LogP contribution in [-0.2, 0) is 6.54 Å². The van der Waals surface area contributed by atoms with Gasteiger partial charge >= 0.3 is 6.18 Å². The van der Waals surface area contributed by atoms with Gasteiger partial charge in [-0.15, -0.1) is 0 Å². The molecule has 0 atom stereocenters. The maximum absolute atomic E-state index is 12.4. The van der Waals surface area contributed by atoms with E-state index in [1.54, 1.807) is 0 Å². The highest BCUT2D eigenvalue weighted by molar-refractivity contribution is 5.97. The van der Waals surface area contributed by atoms with E-state index in [1.807, 2.05) is 0 Å². The monoisotopic (exact) mass is 308 g/mol. The van der Waals surface area contributed by atoms with E-state index in [2.05, 4.69) is 10.4 Å². The molecule has 0 spiro atoms. The Hall–Kier alpha value is -2.10. The molecule has 0 unspecified atom stereocenters. The lowest BCUT2D eigenvalue weighted by molar-refractivity contribution is -0.142. The summed E-state index contributed by atoms with van der Waals surface area (Å²) in [4.78, 5) is 22.8. The van der Waals surface area contributed by atoms with E-state index < -0.39 is 41.5 Å². The molecule has 2 amide bonds. The standard InChI is InChI=1S/C11H15F3N4O3/c1-10(2,21)4-16-9(20)7-3-6(8(15)19)17-18(7)5-11(12,13)14/h3,21H,4-5H2,1-2H3,(H2,15,19)(H,16,20). The van der Waals surface area contributed by atoms with Gasteiger partial charge in [0.2, 0.25) is 0 Å². The van der Waals surface area contributed by atoms with Crippen LogP contribution in [0, 0.1) is 0 Å². The lowest BCUT2D eigenvalue weighted by atomic mass is 10.1. The number of halogens is 3. The second-order valence-corrected chi connectivity index (χ2v) is 5.05. The molecule has 1 aromatic rings. The van der Waals surface area contributed by atoms with Crippen LogP contribution in [0.2, 0.25) is 0 Å². The van der Waals surface area contributed by atoms with Crippen LogP contribution in [0.25, 0.3) is 0 Å². The van der Waals surface area contributed by atoms with Gasteiger partial charge in [-0.3, -0.25) is 9.59 Å². The van der Waals surface area contributed by atoms with Crippen molar-refractivity contribution in [3.63, 3.8) is 0 Å². The third kappa shape index (κ3) is 5.42. The van der Waals surface area contributed by atoms with Crippen molar-refractivity contribution in [1.82, 2.24) is 15.1 Å². The van der Waals surface area contributed by atoms with E-state index in [0.717, 1.165) is 6.07 Å². The third-order valence-electron chi connectivity index (χ3n) is 2.28. The number of primary amides is 1. The zero-order chi connectivity index (χ0) is 16.4. The average molecular weight is 308 g/mol. The maximum Gasteiger partial charge on any atom is 0.408 e. The summed E-state index contributed by atoms with van der Waals surface area (Å²) in [6.07, 6.45) is -4.62. The van der Waals surface area contributed by atoms with Crippen molar-refractivity contribution in [2.45, 2.75) is 32.2 Å². The molecule has 4 N–H and O–H groups in total. The summed E-state index contributed by atoms with van der Waals surface area (Å²) in [5.74, 6) is -1.95. The quantitative estimate of drug-likeness (QED) is 0.713. The molecule has 0 radical (unpaired) electrons. The number of hydrogen-bond acceptors (Lipinski definition) is 4. The first-order chi connectivity index (χ1) is 9.39. The minimum atomic E-state index is -4.62. The number of nitrogens with one attached hydrogen (secondary N) is 1. The van der Waals surface area contributed by atoms with Crippen LogP contribution in [0.4, 0.5) is 13.2 Å². The number of nitrogens with zero attached hydrogens (tertiary/aromatic N) is 2. The molecule has 118 valence electrons. The number of rotatable bonds is 5. The van der Waals surface area contributed by atoms with Gasteiger partial charge < -0.3 is 16.2 Å². The summed E-state index contributed by atoms with van der Waals surface area (Å²) in [7, 11) is 0. The van der Waals surface area contributed by atoms with Gasteiger partial charge in [0.1, 0.15) is 12.2 Å². The number of amides is 2. The lowest BCUT2D eigenvalue weighted by Gasteiger charge is -2.18. The van der Waals surface area contributed by atoms with Gasteiger partial charge in [0, 0.05) is 12.6 Å². The summed E-state index contributed by atoms with van der Waals surface area (Å²) < 4.78 is 37.6. The number of nitrogens with two attached hydrogens (primary N) is 1. The van der Waals surface area contributed by atoms with E-state index in [1.165, 1.54) is 13.8 Å². The zero-order valence-corrected chi connectivity index (χ0v) is 11.4. The fraction of sp³-hybridized carbons (Fsp3) is 0.545. The second-order valence-electron chi connectivity index (χ2n) is 5.05. The smallest absolute Gasteiger partial charge is 0.389 e. The topological polar surface area (TPSA) is 110 Å². The molecule has 1 rings (SSSR count). The average Bonchev–Trinajstić information content (AvgIpc) is 2.66. The molecule has 0 aliphatic rings. The van der Waals surface area contributed by atoms with Crippen LogP contribution in [0.5, 0.6) is 0 Å². The van der Waals surface area contributed by atoms with Crippen molar-refractivity contribution in [3.05, 3.63) is 17.5 Å². The second kappa shape index (κ2) is 5.72. The molecule has 0 aromatic carbocycles. The largest absolute Gasteiger partial charge is 0.408 e. The highest BCUT2D eigenvalue weighted by atomic mass is 19.4. The van der Waals surface area contributed by atoms with E-state index >= 15 is 0 Å². The molecule has 1 aromatic heterocycles. The van der Waals surface area contributed by atoms with Gasteiger partial charge in [-0.1, -0.05) is 0 Å². The van der Waals surface area contributed by atoms with Crippen LogP contribution in [0.15, 0.2) is 6.07 Å². The van der Waals surface area contributed by atoms with Gasteiger partial charge in [-0.25, -0.2) is 4.68 Å².